The van der Waals surface area contributed by atoms with E-state index >= 15 is 0 Å². The quantitative estimate of drug-likeness (QED) is 0.759. The molecule has 0 saturated heterocycles. The van der Waals surface area contributed by atoms with E-state index in [2.05, 4.69) is 11.8 Å². The Morgan fingerprint density at radius 1 is 1.43 bits per heavy atom. The minimum Gasteiger partial charge on any atom is -0.481 e. The first-order valence-corrected chi connectivity index (χ1v) is 4.53. The van der Waals surface area contributed by atoms with Crippen LogP contribution >= 0.6 is 11.6 Å². The lowest BCUT2D eigenvalue weighted by molar-refractivity contribution is -0.136. The fourth-order valence-electron chi connectivity index (χ4n) is 0.890. The standard InChI is InChI=1S/C11H9ClO2/c12-10-7-3-1-5-9(10)6-2-4-8-11(13)14/h1,3,5,7H,4,8H2,(H,13,14). The second-order valence-corrected chi connectivity index (χ2v) is 3.08. The second kappa shape index (κ2) is 5.31. The number of carboxylic acid groups (broad SMARTS) is 1. The van der Waals surface area contributed by atoms with Gasteiger partial charge in [-0.05, 0) is 12.1 Å². The van der Waals surface area contributed by atoms with Gasteiger partial charge in [0.15, 0.2) is 0 Å². The molecule has 2 nitrogen and oxygen atoms in total. The van der Waals surface area contributed by atoms with Gasteiger partial charge >= 0.3 is 5.97 Å². The Hall–Kier alpha value is -1.46. The molecule has 0 aliphatic rings. The smallest absolute Gasteiger partial charge is 0.304 e. The molecule has 0 atom stereocenters. The van der Waals surface area contributed by atoms with Crippen LogP contribution < -0.4 is 0 Å². The van der Waals surface area contributed by atoms with Crippen LogP contribution in [0.25, 0.3) is 0 Å². The molecule has 3 heteroatoms. The van der Waals surface area contributed by atoms with Gasteiger partial charge in [0.25, 0.3) is 0 Å². The lowest BCUT2D eigenvalue weighted by atomic mass is 10.2. The van der Waals surface area contributed by atoms with E-state index in [1.54, 1.807) is 12.1 Å². The first-order chi connectivity index (χ1) is 6.70. The zero-order valence-corrected chi connectivity index (χ0v) is 8.21. The number of hydrogen-bond donors (Lipinski definition) is 1. The van der Waals surface area contributed by atoms with Gasteiger partial charge in [0.1, 0.15) is 0 Å². The first-order valence-electron chi connectivity index (χ1n) is 4.15. The molecule has 0 radical (unpaired) electrons. The molecule has 0 unspecified atom stereocenters. The van der Waals surface area contributed by atoms with Crippen LogP contribution in [0, 0.1) is 11.8 Å². The molecule has 0 aliphatic heterocycles. The summed E-state index contributed by atoms with van der Waals surface area (Å²) in [6.45, 7) is 0. The van der Waals surface area contributed by atoms with Crippen molar-refractivity contribution in [1.29, 1.82) is 0 Å². The Bertz CT molecular complexity index is 388. The molecule has 1 aromatic carbocycles. The molecular weight excluding hydrogens is 200 g/mol. The molecule has 0 aromatic heterocycles. The molecule has 0 aliphatic carbocycles. The first kappa shape index (κ1) is 10.6. The Balaban J connectivity index is 2.59. The van der Waals surface area contributed by atoms with Gasteiger partial charge in [0, 0.05) is 12.0 Å². The summed E-state index contributed by atoms with van der Waals surface area (Å²) in [6.07, 6.45) is 0.415. The topological polar surface area (TPSA) is 37.3 Å². The summed E-state index contributed by atoms with van der Waals surface area (Å²) in [4.78, 5) is 10.2. The van der Waals surface area contributed by atoms with Crippen molar-refractivity contribution in [2.75, 3.05) is 0 Å². The Morgan fingerprint density at radius 2 is 2.14 bits per heavy atom. The highest BCUT2D eigenvalue weighted by atomic mass is 35.5. The lowest BCUT2D eigenvalue weighted by Crippen LogP contribution is -1.91. The molecular formula is C11H9ClO2. The number of hydrogen-bond acceptors (Lipinski definition) is 1. The molecule has 1 N–H and O–H groups in total. The van der Waals surface area contributed by atoms with Crippen molar-refractivity contribution in [3.05, 3.63) is 34.9 Å². The van der Waals surface area contributed by atoms with Gasteiger partial charge in [0.2, 0.25) is 0 Å². The van der Waals surface area contributed by atoms with E-state index < -0.39 is 5.97 Å². The summed E-state index contributed by atoms with van der Waals surface area (Å²) in [5.41, 5.74) is 0.736. The molecule has 0 bridgehead atoms. The third-order valence-electron chi connectivity index (χ3n) is 1.56. The molecule has 0 fully saturated rings. The normalized spacial score (nSPS) is 8.93. The fraction of sp³-hybridized carbons (Fsp3) is 0.182. The minimum absolute atomic E-state index is 0.0669. The van der Waals surface area contributed by atoms with Crippen LogP contribution in [0.5, 0.6) is 0 Å². The van der Waals surface area contributed by atoms with Crippen LogP contribution in [0.1, 0.15) is 18.4 Å². The highest BCUT2D eigenvalue weighted by molar-refractivity contribution is 6.31. The van der Waals surface area contributed by atoms with Gasteiger partial charge < -0.3 is 5.11 Å². The maximum absolute atomic E-state index is 10.2. The highest BCUT2D eigenvalue weighted by Crippen LogP contribution is 2.12. The Kier molecular flexibility index (Phi) is 4.03. The summed E-state index contributed by atoms with van der Waals surface area (Å²) >= 11 is 5.85. The van der Waals surface area contributed by atoms with E-state index in [-0.39, 0.29) is 6.42 Å². The Labute approximate surface area is 87.5 Å². The van der Waals surface area contributed by atoms with Crippen molar-refractivity contribution in [2.45, 2.75) is 12.8 Å². The largest absolute Gasteiger partial charge is 0.481 e. The average Bonchev–Trinajstić information content (AvgIpc) is 2.15. The molecule has 0 amide bonds. The summed E-state index contributed by atoms with van der Waals surface area (Å²) in [6, 6.07) is 7.22. The SMILES string of the molecule is O=C(O)CCC#Cc1ccccc1Cl. The molecule has 72 valence electrons. The van der Waals surface area contributed by atoms with E-state index in [0.29, 0.717) is 11.4 Å². The zero-order chi connectivity index (χ0) is 10.4. The predicted molar refractivity (Wildman–Crippen MR) is 55.2 cm³/mol. The van der Waals surface area contributed by atoms with E-state index in [1.165, 1.54) is 0 Å². The number of rotatable bonds is 2. The zero-order valence-electron chi connectivity index (χ0n) is 7.46. The van der Waals surface area contributed by atoms with Crippen LogP contribution in [0.2, 0.25) is 5.02 Å². The van der Waals surface area contributed by atoms with Gasteiger partial charge in [-0.1, -0.05) is 35.6 Å². The summed E-state index contributed by atoms with van der Waals surface area (Å²) < 4.78 is 0. The van der Waals surface area contributed by atoms with Crippen molar-refractivity contribution in [3.63, 3.8) is 0 Å². The van der Waals surface area contributed by atoms with Crippen molar-refractivity contribution >= 4 is 17.6 Å². The third-order valence-corrected chi connectivity index (χ3v) is 1.89. The fourth-order valence-corrected chi connectivity index (χ4v) is 1.07. The molecule has 14 heavy (non-hydrogen) atoms. The maximum atomic E-state index is 10.2. The van der Waals surface area contributed by atoms with Crippen LogP contribution in [-0.2, 0) is 4.79 Å². The van der Waals surface area contributed by atoms with Crippen molar-refractivity contribution < 1.29 is 9.90 Å². The van der Waals surface area contributed by atoms with Crippen molar-refractivity contribution in [2.24, 2.45) is 0 Å². The summed E-state index contributed by atoms with van der Waals surface area (Å²) in [5, 5.41) is 8.96. The number of carbonyl (C=O) groups is 1. The summed E-state index contributed by atoms with van der Waals surface area (Å²) in [7, 11) is 0. The molecule has 1 aromatic rings. The van der Waals surface area contributed by atoms with Gasteiger partial charge in [0.05, 0.1) is 11.4 Å². The predicted octanol–water partition coefficient (Wildman–Crippen LogP) is 2.56. The molecule has 0 spiro atoms. The number of halogens is 1. The maximum Gasteiger partial charge on any atom is 0.304 e. The molecule has 1 rings (SSSR count). The van der Waals surface area contributed by atoms with E-state index in [9.17, 15) is 4.79 Å². The van der Waals surface area contributed by atoms with Crippen LogP contribution in [0.15, 0.2) is 24.3 Å². The van der Waals surface area contributed by atoms with Gasteiger partial charge in [-0.3, -0.25) is 4.79 Å². The monoisotopic (exact) mass is 208 g/mol. The van der Waals surface area contributed by atoms with Crippen molar-refractivity contribution in [3.8, 4) is 11.8 Å². The van der Waals surface area contributed by atoms with Crippen LogP contribution in [-0.4, -0.2) is 11.1 Å². The third kappa shape index (κ3) is 3.51. The van der Waals surface area contributed by atoms with E-state index in [1.807, 2.05) is 12.1 Å². The lowest BCUT2D eigenvalue weighted by Gasteiger charge is -1.92. The molecule has 0 saturated carbocycles. The van der Waals surface area contributed by atoms with E-state index in [4.69, 9.17) is 16.7 Å². The Morgan fingerprint density at radius 3 is 2.79 bits per heavy atom. The number of benzene rings is 1. The van der Waals surface area contributed by atoms with E-state index in [0.717, 1.165) is 5.56 Å². The second-order valence-electron chi connectivity index (χ2n) is 2.68. The van der Waals surface area contributed by atoms with Crippen molar-refractivity contribution in [1.82, 2.24) is 0 Å². The van der Waals surface area contributed by atoms with Crippen LogP contribution in [0.3, 0.4) is 0 Å². The summed E-state index contributed by atoms with van der Waals surface area (Å²) in [5.74, 6) is 4.75. The average molecular weight is 209 g/mol. The van der Waals surface area contributed by atoms with Crippen LogP contribution in [0.4, 0.5) is 0 Å². The van der Waals surface area contributed by atoms with Gasteiger partial charge in [-0.2, -0.15) is 0 Å². The van der Waals surface area contributed by atoms with Gasteiger partial charge in [-0.15, -0.1) is 0 Å². The number of aliphatic carboxylic acids is 1. The molecule has 0 heterocycles. The minimum atomic E-state index is -0.835. The number of carboxylic acids is 1. The highest BCUT2D eigenvalue weighted by Gasteiger charge is 1.94. The van der Waals surface area contributed by atoms with Gasteiger partial charge in [-0.25, -0.2) is 0 Å².